The number of hydrogen-bond donors (Lipinski definition) is 1. The molecule has 3 heteroatoms. The van der Waals surface area contributed by atoms with Crippen molar-refractivity contribution in [1.82, 2.24) is 0 Å². The summed E-state index contributed by atoms with van der Waals surface area (Å²) in [6.07, 6.45) is 0. The van der Waals surface area contributed by atoms with Crippen LogP contribution in [0.3, 0.4) is 0 Å². The minimum Gasteiger partial charge on any atom is -0.481 e. The van der Waals surface area contributed by atoms with Crippen LogP contribution in [0.15, 0.2) is 48.5 Å². The zero-order valence-electron chi connectivity index (χ0n) is 10.9. The van der Waals surface area contributed by atoms with Gasteiger partial charge in [-0.05, 0) is 42.7 Å². The summed E-state index contributed by atoms with van der Waals surface area (Å²) in [5.74, 6) is -0.833. The topological polar surface area (TPSA) is 37.3 Å². The molecule has 2 aromatic rings. The second kappa shape index (κ2) is 5.06. The van der Waals surface area contributed by atoms with Crippen molar-refractivity contribution in [2.45, 2.75) is 19.3 Å². The highest BCUT2D eigenvalue weighted by molar-refractivity contribution is 6.30. The summed E-state index contributed by atoms with van der Waals surface area (Å²) in [6, 6.07) is 15.1. The zero-order valence-corrected chi connectivity index (χ0v) is 11.6. The standard InChI is InChI=1S/C16H15ClO2/c1-16(2,15(18)19)13-5-3-4-12(10-13)11-6-8-14(17)9-7-11/h3-10H,1-2H3,(H,18,19). The normalized spacial score (nSPS) is 11.3. The van der Waals surface area contributed by atoms with Crippen molar-refractivity contribution in [2.75, 3.05) is 0 Å². The lowest BCUT2D eigenvalue weighted by Gasteiger charge is -2.20. The molecule has 19 heavy (non-hydrogen) atoms. The average Bonchev–Trinajstić information content (AvgIpc) is 2.39. The first kappa shape index (κ1) is 13.6. The molecule has 2 rings (SSSR count). The van der Waals surface area contributed by atoms with Crippen LogP contribution in [0, 0.1) is 0 Å². The molecule has 2 aromatic carbocycles. The van der Waals surface area contributed by atoms with Crippen molar-refractivity contribution in [3.63, 3.8) is 0 Å². The number of hydrogen-bond acceptors (Lipinski definition) is 1. The highest BCUT2D eigenvalue weighted by Gasteiger charge is 2.29. The fourth-order valence-corrected chi connectivity index (χ4v) is 1.98. The van der Waals surface area contributed by atoms with E-state index in [2.05, 4.69) is 0 Å². The molecule has 0 bridgehead atoms. The highest BCUT2D eigenvalue weighted by atomic mass is 35.5. The van der Waals surface area contributed by atoms with Crippen molar-refractivity contribution in [1.29, 1.82) is 0 Å². The molecule has 0 heterocycles. The van der Waals surface area contributed by atoms with Gasteiger partial charge in [0.15, 0.2) is 0 Å². The first-order valence-corrected chi connectivity index (χ1v) is 6.39. The quantitative estimate of drug-likeness (QED) is 0.902. The average molecular weight is 275 g/mol. The number of halogens is 1. The van der Waals surface area contributed by atoms with E-state index in [9.17, 15) is 9.90 Å². The van der Waals surface area contributed by atoms with Crippen LogP contribution in [-0.2, 0) is 10.2 Å². The Balaban J connectivity index is 2.45. The molecule has 0 saturated heterocycles. The van der Waals surface area contributed by atoms with E-state index in [1.165, 1.54) is 0 Å². The summed E-state index contributed by atoms with van der Waals surface area (Å²) in [5, 5.41) is 9.96. The maximum absolute atomic E-state index is 11.3. The molecule has 98 valence electrons. The first-order valence-electron chi connectivity index (χ1n) is 6.01. The Kier molecular flexibility index (Phi) is 3.63. The smallest absolute Gasteiger partial charge is 0.313 e. The number of benzene rings is 2. The predicted octanol–water partition coefficient (Wildman–Crippen LogP) is 4.37. The Morgan fingerprint density at radius 3 is 2.26 bits per heavy atom. The Labute approximate surface area is 117 Å². The summed E-state index contributed by atoms with van der Waals surface area (Å²) >= 11 is 5.87. The predicted molar refractivity (Wildman–Crippen MR) is 77.5 cm³/mol. The third kappa shape index (κ3) is 2.79. The summed E-state index contributed by atoms with van der Waals surface area (Å²) < 4.78 is 0. The van der Waals surface area contributed by atoms with E-state index in [0.29, 0.717) is 5.02 Å². The molecular weight excluding hydrogens is 260 g/mol. The second-order valence-electron chi connectivity index (χ2n) is 5.02. The summed E-state index contributed by atoms with van der Waals surface area (Å²) in [5.41, 5.74) is 1.89. The molecule has 0 aliphatic carbocycles. The number of rotatable bonds is 3. The molecule has 0 radical (unpaired) electrons. The minimum absolute atomic E-state index is 0.686. The minimum atomic E-state index is -0.900. The van der Waals surface area contributed by atoms with Crippen LogP contribution in [0.4, 0.5) is 0 Å². The van der Waals surface area contributed by atoms with Gasteiger partial charge in [-0.1, -0.05) is 48.0 Å². The van der Waals surface area contributed by atoms with Crippen LogP contribution >= 0.6 is 11.6 Å². The van der Waals surface area contributed by atoms with Gasteiger partial charge in [-0.2, -0.15) is 0 Å². The van der Waals surface area contributed by atoms with Gasteiger partial charge in [0.2, 0.25) is 0 Å². The van der Waals surface area contributed by atoms with Gasteiger partial charge >= 0.3 is 5.97 Å². The summed E-state index contributed by atoms with van der Waals surface area (Å²) in [7, 11) is 0. The van der Waals surface area contributed by atoms with Crippen LogP contribution in [0.2, 0.25) is 5.02 Å². The fraction of sp³-hybridized carbons (Fsp3) is 0.188. The lowest BCUT2D eigenvalue weighted by atomic mass is 9.83. The van der Waals surface area contributed by atoms with Crippen LogP contribution < -0.4 is 0 Å². The van der Waals surface area contributed by atoms with Crippen molar-refractivity contribution >= 4 is 17.6 Å². The van der Waals surface area contributed by atoms with Gasteiger partial charge in [0.1, 0.15) is 0 Å². The van der Waals surface area contributed by atoms with Gasteiger partial charge in [0.05, 0.1) is 5.41 Å². The SMILES string of the molecule is CC(C)(C(=O)O)c1cccc(-c2ccc(Cl)cc2)c1. The molecule has 0 atom stereocenters. The molecule has 1 N–H and O–H groups in total. The van der Waals surface area contributed by atoms with E-state index in [1.54, 1.807) is 13.8 Å². The van der Waals surface area contributed by atoms with Crippen molar-refractivity contribution in [3.8, 4) is 11.1 Å². The van der Waals surface area contributed by atoms with E-state index in [0.717, 1.165) is 16.7 Å². The molecule has 0 aliphatic heterocycles. The molecular formula is C16H15ClO2. The maximum atomic E-state index is 11.3. The van der Waals surface area contributed by atoms with E-state index in [1.807, 2.05) is 48.5 Å². The number of carbonyl (C=O) groups is 1. The first-order chi connectivity index (χ1) is 8.91. The highest BCUT2D eigenvalue weighted by Crippen LogP contribution is 2.28. The van der Waals surface area contributed by atoms with Crippen molar-refractivity contribution < 1.29 is 9.90 Å². The second-order valence-corrected chi connectivity index (χ2v) is 5.45. The van der Waals surface area contributed by atoms with E-state index in [4.69, 9.17) is 11.6 Å². The lowest BCUT2D eigenvalue weighted by Crippen LogP contribution is -2.28. The molecule has 0 fully saturated rings. The zero-order chi connectivity index (χ0) is 14.0. The van der Waals surface area contributed by atoms with Gasteiger partial charge in [-0.15, -0.1) is 0 Å². The molecule has 0 aromatic heterocycles. The van der Waals surface area contributed by atoms with Crippen molar-refractivity contribution in [2.24, 2.45) is 0 Å². The van der Waals surface area contributed by atoms with Gasteiger partial charge in [-0.3, -0.25) is 4.79 Å². The summed E-state index contributed by atoms with van der Waals surface area (Å²) in [4.78, 5) is 11.3. The fourth-order valence-electron chi connectivity index (χ4n) is 1.85. The Morgan fingerprint density at radius 1 is 1.05 bits per heavy atom. The van der Waals surface area contributed by atoms with Crippen LogP contribution in [0.25, 0.3) is 11.1 Å². The third-order valence-electron chi connectivity index (χ3n) is 3.30. The Bertz CT molecular complexity index is 600. The van der Waals surface area contributed by atoms with E-state index < -0.39 is 11.4 Å². The van der Waals surface area contributed by atoms with Gasteiger partial charge in [0.25, 0.3) is 0 Å². The maximum Gasteiger partial charge on any atom is 0.313 e. The monoisotopic (exact) mass is 274 g/mol. The molecule has 2 nitrogen and oxygen atoms in total. The van der Waals surface area contributed by atoms with Gasteiger partial charge < -0.3 is 5.11 Å². The molecule has 0 saturated carbocycles. The molecule has 0 aliphatic rings. The largest absolute Gasteiger partial charge is 0.481 e. The Morgan fingerprint density at radius 2 is 1.68 bits per heavy atom. The van der Waals surface area contributed by atoms with E-state index >= 15 is 0 Å². The third-order valence-corrected chi connectivity index (χ3v) is 3.55. The molecule has 0 unspecified atom stereocenters. The van der Waals surface area contributed by atoms with Gasteiger partial charge in [0, 0.05) is 5.02 Å². The van der Waals surface area contributed by atoms with Crippen molar-refractivity contribution in [3.05, 3.63) is 59.1 Å². The van der Waals surface area contributed by atoms with Crippen LogP contribution in [0.5, 0.6) is 0 Å². The van der Waals surface area contributed by atoms with Crippen LogP contribution in [0.1, 0.15) is 19.4 Å². The number of aliphatic carboxylic acids is 1. The molecule has 0 amide bonds. The number of carboxylic acids is 1. The molecule has 0 spiro atoms. The van der Waals surface area contributed by atoms with Gasteiger partial charge in [-0.25, -0.2) is 0 Å². The summed E-state index contributed by atoms with van der Waals surface area (Å²) in [6.45, 7) is 3.41. The lowest BCUT2D eigenvalue weighted by molar-refractivity contribution is -0.142. The number of carboxylic acid groups (broad SMARTS) is 1. The van der Waals surface area contributed by atoms with E-state index in [-0.39, 0.29) is 0 Å². The Hall–Kier alpha value is -1.80. The van der Waals surface area contributed by atoms with Crippen LogP contribution in [-0.4, -0.2) is 11.1 Å².